The normalized spacial score (nSPS) is 11.6. The Balaban J connectivity index is 1.97. The number of nitro groups is 1. The smallest absolute Gasteiger partial charge is 0.314 e. The number of ether oxygens (including phenoxy) is 2. The quantitative estimate of drug-likeness (QED) is 0.621. The number of methoxy groups -OCH3 is 1. The van der Waals surface area contributed by atoms with Crippen LogP contribution in [0.25, 0.3) is 0 Å². The van der Waals surface area contributed by atoms with Crippen molar-refractivity contribution in [1.29, 1.82) is 0 Å². The lowest BCUT2D eigenvalue weighted by molar-refractivity contribution is -0.385. The van der Waals surface area contributed by atoms with E-state index in [4.69, 9.17) is 13.9 Å². The topological polar surface area (TPSA) is 104 Å². The summed E-state index contributed by atoms with van der Waals surface area (Å²) < 4.78 is 15.3. The van der Waals surface area contributed by atoms with Gasteiger partial charge in [-0.25, -0.2) is 0 Å². The number of hydrogen-bond donors (Lipinski definition) is 1. The van der Waals surface area contributed by atoms with Crippen LogP contribution in [0, 0.1) is 10.1 Å². The van der Waals surface area contributed by atoms with E-state index in [2.05, 4.69) is 5.32 Å². The number of nitrogens with one attached hydrogen (secondary N) is 1. The van der Waals surface area contributed by atoms with E-state index in [1.165, 1.54) is 31.6 Å². The molecule has 0 radical (unpaired) electrons. The van der Waals surface area contributed by atoms with Gasteiger partial charge in [-0.2, -0.15) is 0 Å². The molecule has 2 rings (SSSR count). The summed E-state index contributed by atoms with van der Waals surface area (Å²) in [6.07, 6.45) is 1.51. The van der Waals surface area contributed by atoms with Gasteiger partial charge in [0.25, 0.3) is 5.91 Å². The summed E-state index contributed by atoms with van der Waals surface area (Å²) in [7, 11) is 1.41. The van der Waals surface area contributed by atoms with Gasteiger partial charge in [-0.1, -0.05) is 0 Å². The van der Waals surface area contributed by atoms with E-state index >= 15 is 0 Å². The van der Waals surface area contributed by atoms with Crippen LogP contribution in [0.4, 0.5) is 5.69 Å². The fraction of sp³-hybridized carbons (Fsp3) is 0.267. The van der Waals surface area contributed by atoms with E-state index < -0.39 is 10.8 Å². The molecule has 23 heavy (non-hydrogen) atoms. The molecule has 8 heteroatoms. The number of nitrogens with zero attached hydrogens (tertiary/aromatic N) is 1. The number of benzene rings is 1. The predicted molar refractivity (Wildman–Crippen MR) is 80.4 cm³/mol. The first-order valence-corrected chi connectivity index (χ1v) is 6.79. The zero-order valence-corrected chi connectivity index (χ0v) is 12.6. The molecule has 1 N–H and O–H groups in total. The minimum absolute atomic E-state index is 0.00315. The molecule has 0 aliphatic heterocycles. The molecule has 1 heterocycles. The molecule has 1 atom stereocenters. The van der Waals surface area contributed by atoms with Crippen LogP contribution in [-0.4, -0.2) is 24.5 Å². The highest BCUT2D eigenvalue weighted by Gasteiger charge is 2.18. The molecule has 0 saturated carbocycles. The molecule has 8 nitrogen and oxygen atoms in total. The van der Waals surface area contributed by atoms with Crippen molar-refractivity contribution in [2.24, 2.45) is 0 Å². The van der Waals surface area contributed by atoms with E-state index in [1.54, 1.807) is 19.1 Å². The maximum absolute atomic E-state index is 11.9. The molecule has 122 valence electrons. The van der Waals surface area contributed by atoms with Gasteiger partial charge in [0, 0.05) is 0 Å². The fourth-order valence-corrected chi connectivity index (χ4v) is 1.92. The highest BCUT2D eigenvalue weighted by molar-refractivity contribution is 5.78. The summed E-state index contributed by atoms with van der Waals surface area (Å²) >= 11 is 0. The Morgan fingerprint density at radius 1 is 1.43 bits per heavy atom. The molecule has 0 spiro atoms. The van der Waals surface area contributed by atoms with E-state index in [1.807, 2.05) is 0 Å². The van der Waals surface area contributed by atoms with Crippen molar-refractivity contribution < 1.29 is 23.6 Å². The Morgan fingerprint density at radius 3 is 2.83 bits per heavy atom. The minimum Gasteiger partial charge on any atom is -0.496 e. The van der Waals surface area contributed by atoms with Gasteiger partial charge in [-0.05, 0) is 31.2 Å². The minimum atomic E-state index is -0.596. The second kappa shape index (κ2) is 7.30. The molecule has 0 aliphatic carbocycles. The second-order valence-corrected chi connectivity index (χ2v) is 4.68. The third-order valence-corrected chi connectivity index (χ3v) is 3.07. The standard InChI is InChI=1S/C15H16N2O6/c1-10(13-4-3-7-22-13)16-15(18)9-23-14-6-5-11(21-2)8-12(14)17(19)20/h3-8,10H,9H2,1-2H3,(H,16,18)/t10-/m0/s1. The number of nitro benzene ring substituents is 1. The summed E-state index contributed by atoms with van der Waals surface area (Å²) in [6, 6.07) is 7.27. The zero-order chi connectivity index (χ0) is 16.8. The lowest BCUT2D eigenvalue weighted by Crippen LogP contribution is -2.31. The largest absolute Gasteiger partial charge is 0.496 e. The van der Waals surface area contributed by atoms with E-state index in [0.717, 1.165) is 0 Å². The van der Waals surface area contributed by atoms with Crippen molar-refractivity contribution in [2.75, 3.05) is 13.7 Å². The lowest BCUT2D eigenvalue weighted by atomic mass is 10.2. The van der Waals surface area contributed by atoms with Gasteiger partial charge in [0.2, 0.25) is 0 Å². The molecule has 0 bridgehead atoms. The first kappa shape index (κ1) is 16.3. The number of furan rings is 1. The van der Waals surface area contributed by atoms with Crippen molar-refractivity contribution in [2.45, 2.75) is 13.0 Å². The van der Waals surface area contributed by atoms with Gasteiger partial charge >= 0.3 is 5.69 Å². The Bertz CT molecular complexity index is 683. The molecular weight excluding hydrogens is 304 g/mol. The number of rotatable bonds is 7. The molecular formula is C15H16N2O6. The summed E-state index contributed by atoms with van der Waals surface area (Å²) in [5.41, 5.74) is -0.267. The van der Waals surface area contributed by atoms with Crippen LogP contribution in [-0.2, 0) is 4.79 Å². The summed E-state index contributed by atoms with van der Waals surface area (Å²) in [6.45, 7) is 1.41. The number of carbonyl (C=O) groups is 1. The molecule has 1 amide bonds. The molecule has 1 aromatic carbocycles. The second-order valence-electron chi connectivity index (χ2n) is 4.68. The van der Waals surface area contributed by atoms with Crippen molar-refractivity contribution in [3.63, 3.8) is 0 Å². The SMILES string of the molecule is COc1ccc(OCC(=O)N[C@@H](C)c2ccco2)c([N+](=O)[O-])c1. The van der Waals surface area contributed by atoms with Gasteiger partial charge in [0.15, 0.2) is 12.4 Å². The van der Waals surface area contributed by atoms with Gasteiger partial charge in [-0.3, -0.25) is 14.9 Å². The molecule has 0 saturated heterocycles. The van der Waals surface area contributed by atoms with Crippen molar-refractivity contribution in [3.8, 4) is 11.5 Å². The molecule has 0 aliphatic rings. The van der Waals surface area contributed by atoms with Gasteiger partial charge in [0.1, 0.15) is 11.5 Å². The molecule has 0 unspecified atom stereocenters. The van der Waals surface area contributed by atoms with Crippen LogP contribution < -0.4 is 14.8 Å². The van der Waals surface area contributed by atoms with Crippen molar-refractivity contribution in [1.82, 2.24) is 5.32 Å². The lowest BCUT2D eigenvalue weighted by Gasteiger charge is -2.12. The molecule has 1 aromatic heterocycles. The van der Waals surface area contributed by atoms with Gasteiger partial charge in [0.05, 0.1) is 30.4 Å². The average molecular weight is 320 g/mol. The van der Waals surface area contributed by atoms with E-state index in [0.29, 0.717) is 11.5 Å². The van der Waals surface area contributed by atoms with E-state index in [9.17, 15) is 14.9 Å². The van der Waals surface area contributed by atoms with Crippen LogP contribution in [0.1, 0.15) is 18.7 Å². The maximum atomic E-state index is 11.9. The first-order chi connectivity index (χ1) is 11.0. The van der Waals surface area contributed by atoms with Crippen LogP contribution in [0.5, 0.6) is 11.5 Å². The number of amides is 1. The third-order valence-electron chi connectivity index (χ3n) is 3.07. The Kier molecular flexibility index (Phi) is 5.19. The average Bonchev–Trinajstić information content (AvgIpc) is 3.07. The molecule has 2 aromatic rings. The highest BCUT2D eigenvalue weighted by atomic mass is 16.6. The Hall–Kier alpha value is -3.03. The van der Waals surface area contributed by atoms with Crippen LogP contribution in [0.3, 0.4) is 0 Å². The van der Waals surface area contributed by atoms with Crippen molar-refractivity contribution >= 4 is 11.6 Å². The number of hydrogen-bond acceptors (Lipinski definition) is 6. The highest BCUT2D eigenvalue weighted by Crippen LogP contribution is 2.30. The Morgan fingerprint density at radius 2 is 2.22 bits per heavy atom. The van der Waals surface area contributed by atoms with Crippen molar-refractivity contribution in [3.05, 3.63) is 52.5 Å². The predicted octanol–water partition coefficient (Wildman–Crippen LogP) is 2.45. The van der Waals surface area contributed by atoms with Gasteiger partial charge in [-0.15, -0.1) is 0 Å². The monoisotopic (exact) mass is 320 g/mol. The van der Waals surface area contributed by atoms with Crippen LogP contribution >= 0.6 is 0 Å². The van der Waals surface area contributed by atoms with Crippen LogP contribution in [0.15, 0.2) is 41.0 Å². The summed E-state index contributed by atoms with van der Waals surface area (Å²) in [5.74, 6) is 0.518. The third kappa shape index (κ3) is 4.22. The molecule has 0 fully saturated rings. The number of carbonyl (C=O) groups excluding carboxylic acids is 1. The van der Waals surface area contributed by atoms with Crippen LogP contribution in [0.2, 0.25) is 0 Å². The first-order valence-electron chi connectivity index (χ1n) is 6.79. The Labute approximate surface area is 132 Å². The fourth-order valence-electron chi connectivity index (χ4n) is 1.92. The maximum Gasteiger partial charge on any atom is 0.314 e. The van der Waals surface area contributed by atoms with E-state index in [-0.39, 0.29) is 24.1 Å². The van der Waals surface area contributed by atoms with Gasteiger partial charge < -0.3 is 19.2 Å². The summed E-state index contributed by atoms with van der Waals surface area (Å²) in [4.78, 5) is 22.3. The summed E-state index contributed by atoms with van der Waals surface area (Å²) in [5, 5.41) is 13.7. The zero-order valence-electron chi connectivity index (χ0n) is 12.6.